The van der Waals surface area contributed by atoms with Crippen molar-refractivity contribution in [1.29, 1.82) is 0 Å². The van der Waals surface area contributed by atoms with Crippen molar-refractivity contribution in [1.82, 2.24) is 4.90 Å². The minimum absolute atomic E-state index is 0.304. The molecule has 1 heterocycles. The van der Waals surface area contributed by atoms with E-state index in [-0.39, 0.29) is 6.09 Å². The zero-order chi connectivity index (χ0) is 19.5. The van der Waals surface area contributed by atoms with Crippen LogP contribution >= 0.6 is 11.6 Å². The van der Waals surface area contributed by atoms with Gasteiger partial charge in [0.2, 0.25) is 0 Å². The average molecular weight is 388 g/mol. The van der Waals surface area contributed by atoms with Crippen molar-refractivity contribution in [3.8, 4) is 0 Å². The van der Waals surface area contributed by atoms with Gasteiger partial charge in [-0.25, -0.2) is 4.79 Å². The predicted molar refractivity (Wildman–Crippen MR) is 107 cm³/mol. The molecule has 0 aliphatic carbocycles. The van der Waals surface area contributed by atoms with E-state index in [1.807, 2.05) is 75.4 Å². The van der Waals surface area contributed by atoms with E-state index in [2.05, 4.69) is 0 Å². The van der Waals surface area contributed by atoms with Crippen LogP contribution < -0.4 is 0 Å². The summed E-state index contributed by atoms with van der Waals surface area (Å²) >= 11 is 6.06. The molecule has 1 atom stereocenters. The molecule has 4 nitrogen and oxygen atoms in total. The van der Waals surface area contributed by atoms with Crippen LogP contribution in [0.3, 0.4) is 0 Å². The number of hydrogen-bond acceptors (Lipinski definition) is 3. The van der Waals surface area contributed by atoms with E-state index < -0.39 is 11.2 Å². The van der Waals surface area contributed by atoms with Gasteiger partial charge in [0.1, 0.15) is 11.2 Å². The first kappa shape index (κ1) is 19.7. The number of nitrogens with zero attached hydrogens (tertiary/aromatic N) is 1. The Bertz CT molecular complexity index is 770. The molecule has 0 aromatic heterocycles. The quantitative estimate of drug-likeness (QED) is 0.705. The maximum Gasteiger partial charge on any atom is 0.410 e. The molecule has 5 heteroatoms. The number of hydrogen-bond donors (Lipinski definition) is 0. The Morgan fingerprint density at radius 2 is 1.78 bits per heavy atom. The Kier molecular flexibility index (Phi) is 5.78. The van der Waals surface area contributed by atoms with E-state index >= 15 is 0 Å². The third-order valence-electron chi connectivity index (χ3n) is 4.61. The Labute approximate surface area is 166 Å². The highest BCUT2D eigenvalue weighted by molar-refractivity contribution is 6.30. The fraction of sp³-hybridized carbons (Fsp3) is 0.409. The summed E-state index contributed by atoms with van der Waals surface area (Å²) in [6.07, 6.45) is 0.405. The fourth-order valence-electron chi connectivity index (χ4n) is 3.25. The number of carbonyl (C=O) groups excluding carboxylic acids is 1. The maximum absolute atomic E-state index is 12.5. The highest BCUT2D eigenvalue weighted by Crippen LogP contribution is 2.38. The van der Waals surface area contributed by atoms with Crippen LogP contribution in [0, 0.1) is 0 Å². The minimum atomic E-state index is -0.572. The lowest BCUT2D eigenvalue weighted by Gasteiger charge is -2.31. The van der Waals surface area contributed by atoms with Gasteiger partial charge in [-0.15, -0.1) is 0 Å². The lowest BCUT2D eigenvalue weighted by atomic mass is 9.92. The molecule has 1 aliphatic heterocycles. The Hall–Kier alpha value is -2.04. The summed E-state index contributed by atoms with van der Waals surface area (Å²) in [5.74, 6) is 0. The van der Waals surface area contributed by atoms with Crippen molar-refractivity contribution >= 4 is 17.7 Å². The van der Waals surface area contributed by atoms with Gasteiger partial charge in [-0.2, -0.15) is 0 Å². The van der Waals surface area contributed by atoms with Crippen LogP contribution in [0.2, 0.25) is 5.02 Å². The van der Waals surface area contributed by atoms with Crippen molar-refractivity contribution in [3.63, 3.8) is 0 Å². The number of rotatable bonds is 4. The largest absolute Gasteiger partial charge is 0.444 e. The van der Waals surface area contributed by atoms with Gasteiger partial charge in [0, 0.05) is 18.0 Å². The zero-order valence-electron chi connectivity index (χ0n) is 16.1. The minimum Gasteiger partial charge on any atom is -0.444 e. The second-order valence-electron chi connectivity index (χ2n) is 7.93. The van der Waals surface area contributed by atoms with Gasteiger partial charge in [0.05, 0.1) is 13.2 Å². The standard InChI is InChI=1S/C22H26ClNO3/c1-21(2,3)27-20(25)24-14-13-22(16-24,18-9-11-19(23)12-10-18)26-15-17-7-5-4-6-8-17/h4-12H,13-16H2,1-3H3. The van der Waals surface area contributed by atoms with E-state index in [9.17, 15) is 4.79 Å². The molecule has 1 fully saturated rings. The summed E-state index contributed by atoms with van der Waals surface area (Å²) in [5.41, 5.74) is 1.03. The second kappa shape index (κ2) is 7.91. The van der Waals surface area contributed by atoms with Crippen LogP contribution in [0.1, 0.15) is 38.3 Å². The topological polar surface area (TPSA) is 38.8 Å². The lowest BCUT2D eigenvalue weighted by Crippen LogP contribution is -2.39. The summed E-state index contributed by atoms with van der Waals surface area (Å²) in [6, 6.07) is 17.7. The van der Waals surface area contributed by atoms with Crippen LogP contribution in [0.15, 0.2) is 54.6 Å². The summed E-state index contributed by atoms with van der Waals surface area (Å²) in [5, 5.41) is 0.680. The average Bonchev–Trinajstić information content (AvgIpc) is 3.06. The van der Waals surface area contributed by atoms with E-state index in [0.29, 0.717) is 31.1 Å². The first-order valence-electron chi connectivity index (χ1n) is 9.19. The van der Waals surface area contributed by atoms with Crippen LogP contribution in [0.25, 0.3) is 0 Å². The molecule has 1 unspecified atom stereocenters. The fourth-order valence-corrected chi connectivity index (χ4v) is 3.38. The lowest BCUT2D eigenvalue weighted by molar-refractivity contribution is -0.0553. The molecule has 0 bridgehead atoms. The smallest absolute Gasteiger partial charge is 0.410 e. The highest BCUT2D eigenvalue weighted by Gasteiger charge is 2.43. The molecule has 144 valence electrons. The maximum atomic E-state index is 12.5. The highest BCUT2D eigenvalue weighted by atomic mass is 35.5. The van der Waals surface area contributed by atoms with E-state index in [1.54, 1.807) is 4.90 Å². The molecule has 1 aliphatic rings. The number of ether oxygens (including phenoxy) is 2. The van der Waals surface area contributed by atoms with Crippen molar-refractivity contribution < 1.29 is 14.3 Å². The summed E-state index contributed by atoms with van der Waals surface area (Å²) < 4.78 is 12.0. The molecule has 3 rings (SSSR count). The summed E-state index contributed by atoms with van der Waals surface area (Å²) in [6.45, 7) is 7.15. The first-order chi connectivity index (χ1) is 12.8. The molecular formula is C22H26ClNO3. The molecule has 1 saturated heterocycles. The predicted octanol–water partition coefficient (Wildman–Crippen LogP) is 5.39. The van der Waals surface area contributed by atoms with Gasteiger partial charge < -0.3 is 14.4 Å². The second-order valence-corrected chi connectivity index (χ2v) is 8.36. The summed E-state index contributed by atoms with van der Waals surface area (Å²) in [4.78, 5) is 14.3. The molecule has 2 aromatic rings. The van der Waals surface area contributed by atoms with Crippen LogP contribution in [0.4, 0.5) is 4.79 Å². The summed E-state index contributed by atoms with van der Waals surface area (Å²) in [7, 11) is 0. The molecule has 2 aromatic carbocycles. The van der Waals surface area contributed by atoms with Crippen LogP contribution in [-0.4, -0.2) is 29.7 Å². The Morgan fingerprint density at radius 1 is 1.11 bits per heavy atom. The van der Waals surface area contributed by atoms with Gasteiger partial charge >= 0.3 is 6.09 Å². The van der Waals surface area contributed by atoms with Gasteiger partial charge in [-0.05, 0) is 44.0 Å². The number of amides is 1. The number of halogens is 1. The third kappa shape index (κ3) is 5.02. The molecule has 1 amide bonds. The van der Waals surface area contributed by atoms with Crippen molar-refractivity contribution in [2.75, 3.05) is 13.1 Å². The van der Waals surface area contributed by atoms with Crippen molar-refractivity contribution in [2.24, 2.45) is 0 Å². The van der Waals surface area contributed by atoms with Gasteiger partial charge in [0.15, 0.2) is 0 Å². The number of likely N-dealkylation sites (tertiary alicyclic amines) is 1. The molecule has 0 N–H and O–H groups in total. The number of carbonyl (C=O) groups is 1. The molecule has 27 heavy (non-hydrogen) atoms. The van der Waals surface area contributed by atoms with Crippen LogP contribution in [-0.2, 0) is 21.7 Å². The molecule has 0 radical (unpaired) electrons. The van der Waals surface area contributed by atoms with Crippen molar-refractivity contribution in [2.45, 2.75) is 45.0 Å². The zero-order valence-corrected chi connectivity index (χ0v) is 16.8. The Morgan fingerprint density at radius 3 is 2.41 bits per heavy atom. The van der Waals surface area contributed by atoms with Gasteiger partial charge in [-0.3, -0.25) is 0 Å². The molecular weight excluding hydrogens is 362 g/mol. The first-order valence-corrected chi connectivity index (χ1v) is 9.57. The SMILES string of the molecule is CC(C)(C)OC(=O)N1CCC(OCc2ccccc2)(c2ccc(Cl)cc2)C1. The van der Waals surface area contributed by atoms with E-state index in [1.165, 1.54) is 0 Å². The molecule has 0 spiro atoms. The molecule has 0 saturated carbocycles. The normalized spacial score (nSPS) is 19.9. The van der Waals surface area contributed by atoms with E-state index in [4.69, 9.17) is 21.1 Å². The van der Waals surface area contributed by atoms with E-state index in [0.717, 1.165) is 11.1 Å². The van der Waals surface area contributed by atoms with Gasteiger partial charge in [0.25, 0.3) is 0 Å². The Balaban J connectivity index is 1.81. The van der Waals surface area contributed by atoms with Gasteiger partial charge in [-0.1, -0.05) is 54.1 Å². The monoisotopic (exact) mass is 387 g/mol. The van der Waals surface area contributed by atoms with Crippen molar-refractivity contribution in [3.05, 3.63) is 70.7 Å². The number of benzene rings is 2. The third-order valence-corrected chi connectivity index (χ3v) is 4.86. The van der Waals surface area contributed by atoms with Crippen LogP contribution in [0.5, 0.6) is 0 Å².